The highest BCUT2D eigenvalue weighted by atomic mass is 16.5. The van der Waals surface area contributed by atoms with Crippen LogP contribution in [0.5, 0.6) is 5.75 Å². The summed E-state index contributed by atoms with van der Waals surface area (Å²) in [4.78, 5) is 24.1. The lowest BCUT2D eigenvalue weighted by Gasteiger charge is -2.31. The fourth-order valence-corrected chi connectivity index (χ4v) is 5.16. The number of carboxylic acids is 1. The molecule has 4 rings (SSSR count). The third kappa shape index (κ3) is 6.42. The molecule has 1 aliphatic heterocycles. The second-order valence-corrected chi connectivity index (χ2v) is 9.59. The Kier molecular flexibility index (Phi) is 8.44. The molecule has 9 heteroatoms. The smallest absolute Gasteiger partial charge is 0.534 e. The number of benzene rings is 2. The first-order chi connectivity index (χ1) is 16.9. The van der Waals surface area contributed by atoms with E-state index in [0.29, 0.717) is 30.4 Å². The molecule has 5 N–H and O–H groups in total. The van der Waals surface area contributed by atoms with Gasteiger partial charge >= 0.3 is 13.1 Å². The van der Waals surface area contributed by atoms with Gasteiger partial charge in [-0.15, -0.1) is 0 Å². The summed E-state index contributed by atoms with van der Waals surface area (Å²) in [6, 6.07) is 13.8. The Bertz CT molecular complexity index is 1040. The molecule has 1 saturated carbocycles. The van der Waals surface area contributed by atoms with Gasteiger partial charge in [-0.25, -0.2) is 4.79 Å². The van der Waals surface area contributed by atoms with Crippen molar-refractivity contribution in [3.63, 3.8) is 0 Å². The van der Waals surface area contributed by atoms with E-state index in [4.69, 9.17) is 4.65 Å². The summed E-state index contributed by atoms with van der Waals surface area (Å²) < 4.78 is 5.48. The van der Waals surface area contributed by atoms with Crippen molar-refractivity contribution in [3.05, 3.63) is 64.7 Å². The van der Waals surface area contributed by atoms with Crippen molar-refractivity contribution in [2.45, 2.75) is 63.6 Å². The highest BCUT2D eigenvalue weighted by Gasteiger charge is 2.38. The van der Waals surface area contributed by atoms with Gasteiger partial charge in [-0.1, -0.05) is 36.4 Å². The summed E-state index contributed by atoms with van der Waals surface area (Å²) in [7, 11) is 0.676. The van der Waals surface area contributed by atoms with E-state index in [-0.39, 0.29) is 17.2 Å². The number of amides is 1. The Morgan fingerprint density at radius 2 is 1.74 bits per heavy atom. The number of carbonyl (C=O) groups excluding carboxylic acids is 1. The van der Waals surface area contributed by atoms with E-state index in [1.165, 1.54) is 17.2 Å². The SMILES string of the molecule is CNCc1ccccc1CN[C@H]1CC[C@H](CC(=O)N[C@H]2Cc3cccc(C(=O)O)c3OB2O)CC1. The van der Waals surface area contributed by atoms with Crippen molar-refractivity contribution in [1.29, 1.82) is 0 Å². The van der Waals surface area contributed by atoms with Crippen LogP contribution in [0.1, 0.15) is 59.2 Å². The molecular weight excluding hydrogens is 445 g/mol. The van der Waals surface area contributed by atoms with Crippen LogP contribution in [0.15, 0.2) is 42.5 Å². The van der Waals surface area contributed by atoms with Crippen molar-refractivity contribution in [2.75, 3.05) is 7.05 Å². The monoisotopic (exact) mass is 479 g/mol. The summed E-state index contributed by atoms with van der Waals surface area (Å²) in [5.41, 5.74) is 3.31. The molecule has 0 spiro atoms. The molecule has 186 valence electrons. The minimum atomic E-state index is -1.28. The second-order valence-electron chi connectivity index (χ2n) is 9.59. The summed E-state index contributed by atoms with van der Waals surface area (Å²) in [5, 5.41) is 29.5. The van der Waals surface area contributed by atoms with Gasteiger partial charge in [0.05, 0.1) is 11.5 Å². The van der Waals surface area contributed by atoms with Gasteiger partial charge in [0.2, 0.25) is 5.91 Å². The maximum Gasteiger partial charge on any atom is 0.547 e. The van der Waals surface area contributed by atoms with Crippen LogP contribution in [0.25, 0.3) is 0 Å². The summed E-state index contributed by atoms with van der Waals surface area (Å²) in [6.45, 7) is 1.70. The normalized spacial score (nSPS) is 21.7. The molecule has 1 aliphatic carbocycles. The van der Waals surface area contributed by atoms with Crippen LogP contribution in [0, 0.1) is 5.92 Å². The second kappa shape index (κ2) is 11.7. The van der Waals surface area contributed by atoms with Gasteiger partial charge in [0.25, 0.3) is 0 Å². The zero-order valence-electron chi connectivity index (χ0n) is 20.1. The van der Waals surface area contributed by atoms with E-state index >= 15 is 0 Å². The number of carbonyl (C=O) groups is 2. The number of fused-ring (bicyclic) bond motifs is 1. The highest BCUT2D eigenvalue weighted by molar-refractivity contribution is 6.47. The van der Waals surface area contributed by atoms with Gasteiger partial charge in [-0.2, -0.15) is 0 Å². The summed E-state index contributed by atoms with van der Waals surface area (Å²) >= 11 is 0. The van der Waals surface area contributed by atoms with Gasteiger partial charge in [-0.05, 0) is 67.8 Å². The van der Waals surface area contributed by atoms with E-state index in [1.807, 2.05) is 7.05 Å². The molecule has 0 radical (unpaired) electrons. The van der Waals surface area contributed by atoms with Crippen molar-refractivity contribution in [3.8, 4) is 5.75 Å². The number of hydrogen-bond donors (Lipinski definition) is 5. The molecule has 2 aromatic rings. The number of carboxylic acid groups (broad SMARTS) is 1. The average molecular weight is 479 g/mol. The lowest BCUT2D eigenvalue weighted by Crippen LogP contribution is -2.53. The summed E-state index contributed by atoms with van der Waals surface area (Å²) in [5.74, 6) is -1.32. The first kappa shape index (κ1) is 25.2. The van der Waals surface area contributed by atoms with Crippen molar-refractivity contribution < 1.29 is 24.4 Å². The Morgan fingerprint density at radius 3 is 2.43 bits per heavy atom. The highest BCUT2D eigenvalue weighted by Crippen LogP contribution is 2.31. The van der Waals surface area contributed by atoms with Crippen LogP contribution >= 0.6 is 0 Å². The number of rotatable bonds is 9. The van der Waals surface area contributed by atoms with E-state index in [9.17, 15) is 19.7 Å². The number of aromatic carboxylic acids is 1. The Morgan fingerprint density at radius 1 is 1.03 bits per heavy atom. The fourth-order valence-electron chi connectivity index (χ4n) is 5.16. The molecule has 2 aliphatic rings. The molecule has 0 saturated heterocycles. The molecule has 0 aromatic heterocycles. The summed E-state index contributed by atoms with van der Waals surface area (Å²) in [6.07, 6.45) is 4.78. The molecule has 1 amide bonds. The number of para-hydroxylation sites is 1. The Hall–Kier alpha value is -2.88. The molecule has 35 heavy (non-hydrogen) atoms. The number of nitrogens with one attached hydrogen (secondary N) is 3. The fraction of sp³-hybridized carbons (Fsp3) is 0.462. The topological polar surface area (TPSA) is 120 Å². The van der Waals surface area contributed by atoms with Crippen molar-refractivity contribution >= 4 is 19.0 Å². The first-order valence-electron chi connectivity index (χ1n) is 12.4. The lowest BCUT2D eigenvalue weighted by atomic mass is 9.72. The van der Waals surface area contributed by atoms with Gasteiger partial charge < -0.3 is 30.7 Å². The molecule has 0 unspecified atom stereocenters. The Balaban J connectivity index is 1.22. The quantitative estimate of drug-likeness (QED) is 0.350. The zero-order valence-corrected chi connectivity index (χ0v) is 20.1. The maximum absolute atomic E-state index is 12.7. The molecule has 1 fully saturated rings. The largest absolute Gasteiger partial charge is 0.547 e. The van der Waals surface area contributed by atoms with E-state index in [2.05, 4.69) is 40.2 Å². The lowest BCUT2D eigenvalue weighted by molar-refractivity contribution is -0.122. The van der Waals surface area contributed by atoms with Crippen LogP contribution in [-0.2, 0) is 24.3 Å². The Labute approximate surface area is 206 Å². The molecule has 1 atom stereocenters. The van der Waals surface area contributed by atoms with Crippen molar-refractivity contribution in [2.24, 2.45) is 5.92 Å². The van der Waals surface area contributed by atoms with E-state index in [1.54, 1.807) is 12.1 Å². The zero-order chi connectivity index (χ0) is 24.8. The predicted octanol–water partition coefficient (Wildman–Crippen LogP) is 2.28. The minimum Gasteiger partial charge on any atom is -0.534 e. The van der Waals surface area contributed by atoms with Gasteiger partial charge in [0, 0.05) is 25.6 Å². The third-order valence-corrected chi connectivity index (χ3v) is 7.08. The standard InChI is InChI=1S/C26H34BN3O5/c1-28-15-19-5-2-3-6-20(19)16-29-21-11-9-17(10-12-21)13-24(31)30-23-14-18-7-4-8-22(26(32)33)25(18)35-27(23)34/h2-8,17,21,23,28-29,34H,9-16H2,1H3,(H,30,31)(H,32,33)/t17-,21-,23-/m0/s1. The van der Waals surface area contributed by atoms with Crippen LogP contribution in [-0.4, -0.2) is 48.2 Å². The van der Waals surface area contributed by atoms with Crippen LogP contribution in [0.4, 0.5) is 0 Å². The predicted molar refractivity (Wildman–Crippen MR) is 134 cm³/mol. The average Bonchev–Trinajstić information content (AvgIpc) is 2.84. The van der Waals surface area contributed by atoms with Gasteiger partial charge in [-0.3, -0.25) is 4.79 Å². The van der Waals surface area contributed by atoms with Gasteiger partial charge in [0.15, 0.2) is 0 Å². The molecule has 8 nitrogen and oxygen atoms in total. The maximum atomic E-state index is 12.7. The van der Waals surface area contributed by atoms with Crippen molar-refractivity contribution in [1.82, 2.24) is 16.0 Å². The molecular formula is C26H34BN3O5. The first-order valence-corrected chi connectivity index (χ1v) is 12.4. The minimum absolute atomic E-state index is 0.0159. The van der Waals surface area contributed by atoms with Gasteiger partial charge in [0.1, 0.15) is 5.75 Å². The molecule has 1 heterocycles. The van der Waals surface area contributed by atoms with E-state index < -0.39 is 19.0 Å². The van der Waals surface area contributed by atoms with E-state index in [0.717, 1.165) is 38.8 Å². The molecule has 0 bridgehead atoms. The number of hydrogen-bond acceptors (Lipinski definition) is 6. The molecule has 2 aromatic carbocycles. The van der Waals surface area contributed by atoms with Crippen LogP contribution < -0.4 is 20.6 Å². The van der Waals surface area contributed by atoms with Crippen LogP contribution in [0.3, 0.4) is 0 Å². The third-order valence-electron chi connectivity index (χ3n) is 7.08. The van der Waals surface area contributed by atoms with Crippen LogP contribution in [0.2, 0.25) is 0 Å².